The summed E-state index contributed by atoms with van der Waals surface area (Å²) >= 11 is 0. The van der Waals surface area contributed by atoms with Gasteiger partial charge in [-0.2, -0.15) is 0 Å². The zero-order valence-corrected chi connectivity index (χ0v) is 12.5. The van der Waals surface area contributed by atoms with E-state index in [-0.39, 0.29) is 0 Å². The molecule has 0 saturated carbocycles. The standard InChI is InChI=1S/C17H21NO2/c1-12-7-5-8-13(2)16(12)18-11-14-9-6-10-15(19-3)17(14)20-4/h5-10,18H,11H2,1-4H3. The van der Waals surface area contributed by atoms with Gasteiger partial charge in [-0.15, -0.1) is 0 Å². The molecule has 2 aromatic carbocycles. The lowest BCUT2D eigenvalue weighted by Crippen LogP contribution is -2.05. The molecule has 0 heterocycles. The second-order valence-electron chi connectivity index (χ2n) is 4.77. The lowest BCUT2D eigenvalue weighted by molar-refractivity contribution is 0.352. The Balaban J connectivity index is 2.23. The molecule has 0 spiro atoms. The molecule has 0 fully saturated rings. The number of nitrogens with one attached hydrogen (secondary N) is 1. The maximum Gasteiger partial charge on any atom is 0.165 e. The van der Waals surface area contributed by atoms with Crippen LogP contribution in [0.5, 0.6) is 11.5 Å². The summed E-state index contributed by atoms with van der Waals surface area (Å²) in [4.78, 5) is 0. The van der Waals surface area contributed by atoms with Crippen molar-refractivity contribution in [1.82, 2.24) is 0 Å². The minimum absolute atomic E-state index is 0.700. The SMILES string of the molecule is COc1cccc(CNc2c(C)cccc2C)c1OC. The Bertz CT molecular complexity index is 573. The number of para-hydroxylation sites is 2. The highest BCUT2D eigenvalue weighted by molar-refractivity contribution is 5.58. The molecule has 0 saturated heterocycles. The zero-order valence-electron chi connectivity index (χ0n) is 12.5. The number of ether oxygens (including phenoxy) is 2. The zero-order chi connectivity index (χ0) is 14.5. The maximum absolute atomic E-state index is 5.45. The summed E-state index contributed by atoms with van der Waals surface area (Å²) in [6, 6.07) is 12.2. The number of methoxy groups -OCH3 is 2. The normalized spacial score (nSPS) is 10.2. The largest absolute Gasteiger partial charge is 0.493 e. The Labute approximate surface area is 120 Å². The molecular weight excluding hydrogens is 250 g/mol. The molecule has 0 bridgehead atoms. The second-order valence-corrected chi connectivity index (χ2v) is 4.77. The highest BCUT2D eigenvalue weighted by Crippen LogP contribution is 2.31. The minimum atomic E-state index is 0.700. The topological polar surface area (TPSA) is 30.5 Å². The monoisotopic (exact) mass is 271 g/mol. The van der Waals surface area contributed by atoms with Gasteiger partial charge in [0.25, 0.3) is 0 Å². The molecule has 0 amide bonds. The number of hydrogen-bond donors (Lipinski definition) is 1. The summed E-state index contributed by atoms with van der Waals surface area (Å²) in [6.07, 6.45) is 0. The van der Waals surface area contributed by atoms with Crippen LogP contribution in [-0.2, 0) is 6.54 Å². The number of rotatable bonds is 5. The van der Waals surface area contributed by atoms with E-state index in [4.69, 9.17) is 9.47 Å². The third-order valence-electron chi connectivity index (χ3n) is 3.42. The van der Waals surface area contributed by atoms with Gasteiger partial charge in [0.15, 0.2) is 11.5 Å². The van der Waals surface area contributed by atoms with E-state index in [2.05, 4.69) is 37.4 Å². The number of hydrogen-bond acceptors (Lipinski definition) is 3. The van der Waals surface area contributed by atoms with Gasteiger partial charge in [0, 0.05) is 17.8 Å². The van der Waals surface area contributed by atoms with Crippen LogP contribution in [0.15, 0.2) is 36.4 Å². The summed E-state index contributed by atoms with van der Waals surface area (Å²) in [7, 11) is 3.32. The molecule has 3 nitrogen and oxygen atoms in total. The first-order chi connectivity index (χ1) is 9.67. The van der Waals surface area contributed by atoms with Crippen molar-refractivity contribution in [3.05, 3.63) is 53.1 Å². The molecule has 0 aromatic heterocycles. The van der Waals surface area contributed by atoms with Gasteiger partial charge in [-0.25, -0.2) is 0 Å². The highest BCUT2D eigenvalue weighted by Gasteiger charge is 2.10. The molecule has 20 heavy (non-hydrogen) atoms. The first-order valence-corrected chi connectivity index (χ1v) is 6.67. The van der Waals surface area contributed by atoms with Crippen molar-refractivity contribution in [2.24, 2.45) is 0 Å². The molecule has 106 valence electrons. The van der Waals surface area contributed by atoms with Crippen LogP contribution >= 0.6 is 0 Å². The first-order valence-electron chi connectivity index (χ1n) is 6.67. The molecule has 0 radical (unpaired) electrons. The number of benzene rings is 2. The molecular formula is C17H21NO2. The number of anilines is 1. The van der Waals surface area contributed by atoms with Gasteiger partial charge < -0.3 is 14.8 Å². The van der Waals surface area contributed by atoms with Crippen molar-refractivity contribution >= 4 is 5.69 Å². The van der Waals surface area contributed by atoms with Crippen LogP contribution in [0, 0.1) is 13.8 Å². The third-order valence-corrected chi connectivity index (χ3v) is 3.42. The van der Waals surface area contributed by atoms with Crippen LogP contribution in [0.4, 0.5) is 5.69 Å². The van der Waals surface area contributed by atoms with Gasteiger partial charge >= 0.3 is 0 Å². The fourth-order valence-corrected chi connectivity index (χ4v) is 2.37. The fraction of sp³-hybridized carbons (Fsp3) is 0.294. The van der Waals surface area contributed by atoms with E-state index in [1.807, 2.05) is 18.2 Å². The summed E-state index contributed by atoms with van der Waals surface area (Å²) in [5.41, 5.74) is 4.74. The molecule has 2 aromatic rings. The van der Waals surface area contributed by atoms with E-state index in [9.17, 15) is 0 Å². The molecule has 0 unspecified atom stereocenters. The van der Waals surface area contributed by atoms with Crippen molar-refractivity contribution in [3.8, 4) is 11.5 Å². The van der Waals surface area contributed by atoms with E-state index in [1.54, 1.807) is 14.2 Å². The predicted molar refractivity (Wildman–Crippen MR) is 82.8 cm³/mol. The van der Waals surface area contributed by atoms with E-state index in [1.165, 1.54) is 16.8 Å². The summed E-state index contributed by atoms with van der Waals surface area (Å²) < 4.78 is 10.8. The van der Waals surface area contributed by atoms with Crippen molar-refractivity contribution in [2.45, 2.75) is 20.4 Å². The van der Waals surface area contributed by atoms with Crippen molar-refractivity contribution < 1.29 is 9.47 Å². The average Bonchev–Trinajstić information content (AvgIpc) is 2.46. The van der Waals surface area contributed by atoms with Gasteiger partial charge in [-0.3, -0.25) is 0 Å². The van der Waals surface area contributed by atoms with E-state index < -0.39 is 0 Å². The Hall–Kier alpha value is -2.16. The predicted octanol–water partition coefficient (Wildman–Crippen LogP) is 3.93. The molecule has 0 atom stereocenters. The Morgan fingerprint density at radius 2 is 1.55 bits per heavy atom. The first kappa shape index (κ1) is 14.3. The fourth-order valence-electron chi connectivity index (χ4n) is 2.37. The van der Waals surface area contributed by atoms with Gasteiger partial charge in [0.2, 0.25) is 0 Å². The Morgan fingerprint density at radius 1 is 0.900 bits per heavy atom. The molecule has 1 N–H and O–H groups in total. The Morgan fingerprint density at radius 3 is 2.15 bits per heavy atom. The van der Waals surface area contributed by atoms with Crippen LogP contribution in [0.1, 0.15) is 16.7 Å². The number of aryl methyl sites for hydroxylation is 2. The summed E-state index contributed by atoms with van der Waals surface area (Å²) in [5, 5.41) is 3.49. The lowest BCUT2D eigenvalue weighted by Gasteiger charge is -2.16. The quantitative estimate of drug-likeness (QED) is 0.893. The summed E-state index contributed by atoms with van der Waals surface area (Å²) in [5.74, 6) is 1.54. The van der Waals surface area contributed by atoms with Crippen LogP contribution in [-0.4, -0.2) is 14.2 Å². The van der Waals surface area contributed by atoms with Crippen molar-refractivity contribution in [3.63, 3.8) is 0 Å². The Kier molecular flexibility index (Phi) is 4.51. The molecule has 2 rings (SSSR count). The lowest BCUT2D eigenvalue weighted by atomic mass is 10.1. The third kappa shape index (κ3) is 2.87. The second kappa shape index (κ2) is 6.33. The molecule has 0 aliphatic carbocycles. The van der Waals surface area contributed by atoms with Crippen LogP contribution in [0.25, 0.3) is 0 Å². The van der Waals surface area contributed by atoms with Crippen molar-refractivity contribution in [2.75, 3.05) is 19.5 Å². The van der Waals surface area contributed by atoms with Gasteiger partial charge in [-0.05, 0) is 31.0 Å². The smallest absolute Gasteiger partial charge is 0.165 e. The van der Waals surface area contributed by atoms with E-state index >= 15 is 0 Å². The van der Waals surface area contributed by atoms with E-state index in [0.717, 1.165) is 17.1 Å². The van der Waals surface area contributed by atoms with Crippen LogP contribution < -0.4 is 14.8 Å². The van der Waals surface area contributed by atoms with Gasteiger partial charge in [0.05, 0.1) is 14.2 Å². The molecule has 3 heteroatoms. The van der Waals surface area contributed by atoms with Gasteiger partial charge in [-0.1, -0.05) is 30.3 Å². The van der Waals surface area contributed by atoms with Gasteiger partial charge in [0.1, 0.15) is 0 Å². The molecule has 0 aliphatic rings. The molecule has 0 aliphatic heterocycles. The maximum atomic E-state index is 5.45. The van der Waals surface area contributed by atoms with Crippen molar-refractivity contribution in [1.29, 1.82) is 0 Å². The van der Waals surface area contributed by atoms with E-state index in [0.29, 0.717) is 6.54 Å². The van der Waals surface area contributed by atoms with Crippen LogP contribution in [0.3, 0.4) is 0 Å². The summed E-state index contributed by atoms with van der Waals surface area (Å²) in [6.45, 7) is 4.92. The minimum Gasteiger partial charge on any atom is -0.493 e. The average molecular weight is 271 g/mol. The highest BCUT2D eigenvalue weighted by atomic mass is 16.5. The van der Waals surface area contributed by atoms with Crippen LogP contribution in [0.2, 0.25) is 0 Å².